The Bertz CT molecular complexity index is 901. The Morgan fingerprint density at radius 1 is 1.07 bits per heavy atom. The fourth-order valence-electron chi connectivity index (χ4n) is 3.37. The zero-order valence-electron chi connectivity index (χ0n) is 16.1. The Hall–Kier alpha value is -2.69. The lowest BCUT2D eigenvalue weighted by molar-refractivity contribution is -0.133. The average Bonchev–Trinajstić information content (AvgIpc) is 3.00. The number of hydrazine groups is 1. The van der Waals surface area contributed by atoms with Gasteiger partial charge in [0.1, 0.15) is 11.5 Å². The first-order valence-corrected chi connectivity index (χ1v) is 10.8. The fraction of sp³-hybridized carbons (Fsp3) is 0.238. The quantitative estimate of drug-likeness (QED) is 0.352. The van der Waals surface area contributed by atoms with Gasteiger partial charge in [-0.3, -0.25) is 14.6 Å². The number of carbonyl (C=O) groups excluding carboxylic acids is 2. The summed E-state index contributed by atoms with van der Waals surface area (Å²) in [6.07, 6.45) is 1.38. The second-order valence-electron chi connectivity index (χ2n) is 6.41. The van der Waals surface area contributed by atoms with Gasteiger partial charge >= 0.3 is 5.97 Å². The van der Waals surface area contributed by atoms with Crippen molar-refractivity contribution in [2.24, 2.45) is 0 Å². The van der Waals surface area contributed by atoms with Gasteiger partial charge in [0.25, 0.3) is 0 Å². The molecule has 1 unspecified atom stereocenters. The number of ether oxygens (including phenoxy) is 2. The predicted octanol–water partition coefficient (Wildman–Crippen LogP) is 4.31. The molecule has 3 rings (SSSR count). The van der Waals surface area contributed by atoms with E-state index in [0.29, 0.717) is 11.5 Å². The number of carbonyl (C=O) groups is 2. The molecule has 7 heteroatoms. The lowest BCUT2D eigenvalue weighted by Crippen LogP contribution is -2.37. The van der Waals surface area contributed by atoms with Crippen LogP contribution in [0.15, 0.2) is 61.4 Å². The normalized spacial score (nSPS) is 21.2. The number of para-hydroxylation sites is 2. The summed E-state index contributed by atoms with van der Waals surface area (Å²) in [4.78, 5) is 23.9. The molecule has 1 amide bonds. The highest BCUT2D eigenvalue weighted by Gasteiger charge is 2.43. The summed E-state index contributed by atoms with van der Waals surface area (Å²) in [6, 6.07) is 15.0. The van der Waals surface area contributed by atoms with Crippen LogP contribution in [0.4, 0.5) is 0 Å². The number of rotatable bonds is 5. The topological polar surface area (TPSA) is 67.9 Å². The second-order valence-corrected chi connectivity index (χ2v) is 8.75. The molecule has 0 spiro atoms. The fourth-order valence-corrected chi connectivity index (χ4v) is 5.86. The third-order valence-corrected chi connectivity index (χ3v) is 7.00. The minimum absolute atomic E-state index is 0.0970. The molecule has 2 aromatic carbocycles. The third-order valence-electron chi connectivity index (χ3n) is 4.51. The van der Waals surface area contributed by atoms with Gasteiger partial charge in [0.05, 0.1) is 17.8 Å². The molecular weight excluding hydrogens is 375 g/mol. The number of nitrogens with zero attached hydrogens (tertiary/aromatic N) is 1. The average molecular weight is 398 g/mol. The molecule has 1 N–H and O–H groups in total. The smallest absolute Gasteiger partial charge is 0.308 e. The van der Waals surface area contributed by atoms with Gasteiger partial charge in [0.15, 0.2) is 0 Å². The largest absolute Gasteiger partial charge is 0.465 e. The van der Waals surface area contributed by atoms with Crippen LogP contribution in [0.1, 0.15) is 36.5 Å². The summed E-state index contributed by atoms with van der Waals surface area (Å²) in [5, 5.41) is 1.65. The van der Waals surface area contributed by atoms with E-state index >= 15 is 0 Å². The monoisotopic (exact) mass is 398 g/mol. The molecule has 3 atom stereocenters. The number of hydrogen-bond donors (Lipinski definition) is 1. The number of hydrogen-bond acceptors (Lipinski definition) is 5. The zero-order valence-corrected chi connectivity index (χ0v) is 17.0. The predicted molar refractivity (Wildman–Crippen MR) is 109 cm³/mol. The van der Waals surface area contributed by atoms with Crippen molar-refractivity contribution < 1.29 is 19.1 Å². The number of nitrogens with one attached hydrogen (secondary N) is 1. The van der Waals surface area contributed by atoms with E-state index < -0.39 is 7.92 Å². The van der Waals surface area contributed by atoms with Crippen molar-refractivity contribution in [2.45, 2.75) is 25.4 Å². The first kappa shape index (κ1) is 20.1. The maximum absolute atomic E-state index is 12.4. The Balaban J connectivity index is 2.04. The van der Waals surface area contributed by atoms with Gasteiger partial charge in [0, 0.05) is 25.0 Å². The molecule has 0 aromatic heterocycles. The molecule has 6 nitrogen and oxygen atoms in total. The van der Waals surface area contributed by atoms with Gasteiger partial charge < -0.3 is 9.47 Å². The Morgan fingerprint density at radius 3 is 2.29 bits per heavy atom. The summed E-state index contributed by atoms with van der Waals surface area (Å²) in [6.45, 7) is 8.66. The summed E-state index contributed by atoms with van der Waals surface area (Å²) < 4.78 is 11.0. The maximum Gasteiger partial charge on any atom is 0.308 e. The van der Waals surface area contributed by atoms with Crippen molar-refractivity contribution in [2.75, 3.05) is 6.66 Å². The van der Waals surface area contributed by atoms with E-state index in [1.54, 1.807) is 11.1 Å². The molecule has 0 bridgehead atoms. The molecule has 1 heterocycles. The van der Waals surface area contributed by atoms with Crippen molar-refractivity contribution in [1.82, 2.24) is 10.4 Å². The van der Waals surface area contributed by atoms with Crippen LogP contribution < -0.4 is 14.9 Å². The van der Waals surface area contributed by atoms with Crippen LogP contribution in [-0.2, 0) is 9.59 Å². The van der Waals surface area contributed by atoms with Gasteiger partial charge in [0.2, 0.25) is 5.91 Å². The van der Waals surface area contributed by atoms with Gasteiger partial charge in [-0.2, -0.15) is 0 Å². The molecule has 2 aromatic rings. The first-order chi connectivity index (χ1) is 13.4. The SMILES string of the molecule is C=COc1ccccc1[C@H]1N(C(C)=O)N[C@H](c2ccccc2OC(C)=O)P1C. The molecule has 146 valence electrons. The second kappa shape index (κ2) is 8.55. The van der Waals surface area contributed by atoms with Crippen LogP contribution in [0.5, 0.6) is 11.5 Å². The van der Waals surface area contributed by atoms with Crippen LogP contribution >= 0.6 is 7.92 Å². The minimum Gasteiger partial charge on any atom is -0.465 e. The third kappa shape index (κ3) is 3.93. The molecule has 0 radical (unpaired) electrons. The number of amides is 1. The van der Waals surface area contributed by atoms with E-state index in [9.17, 15) is 9.59 Å². The van der Waals surface area contributed by atoms with Gasteiger partial charge in [-0.05, 0) is 18.8 Å². The van der Waals surface area contributed by atoms with Crippen molar-refractivity contribution in [3.63, 3.8) is 0 Å². The first-order valence-electron chi connectivity index (χ1n) is 8.85. The summed E-state index contributed by atoms with van der Waals surface area (Å²) in [5.74, 6) is 0.339. The number of esters is 1. The lowest BCUT2D eigenvalue weighted by atomic mass is 10.2. The molecular formula is C21H23N2O4P. The molecule has 1 fully saturated rings. The van der Waals surface area contributed by atoms with Gasteiger partial charge in [-0.25, -0.2) is 5.43 Å². The van der Waals surface area contributed by atoms with Crippen LogP contribution in [0.2, 0.25) is 0 Å². The minimum atomic E-state index is -0.796. The molecule has 0 aliphatic carbocycles. The van der Waals surface area contributed by atoms with Crippen LogP contribution in [0.3, 0.4) is 0 Å². The standard InChI is InChI=1S/C21H23N2O4P/c1-5-26-18-12-8-7-11-17(18)21-23(14(2)24)22-20(28(21)4)16-10-6-9-13-19(16)27-15(3)25/h5-13,20-22H,1H2,2-4H3/t20-,21-,28?/m0/s1. The van der Waals surface area contributed by atoms with E-state index in [1.807, 2.05) is 42.5 Å². The van der Waals surface area contributed by atoms with E-state index in [-0.39, 0.29) is 23.4 Å². The molecule has 0 saturated carbocycles. The highest BCUT2D eigenvalue weighted by Crippen LogP contribution is 2.65. The summed E-state index contributed by atoms with van der Waals surface area (Å²) >= 11 is 0. The molecule has 1 saturated heterocycles. The summed E-state index contributed by atoms with van der Waals surface area (Å²) in [5.41, 5.74) is 5.09. The Morgan fingerprint density at radius 2 is 1.68 bits per heavy atom. The zero-order chi connectivity index (χ0) is 20.3. The number of benzene rings is 2. The van der Waals surface area contributed by atoms with Crippen molar-refractivity contribution in [3.05, 3.63) is 72.5 Å². The molecule has 1 aliphatic rings. The summed E-state index contributed by atoms with van der Waals surface area (Å²) in [7, 11) is -0.796. The Labute approximate surface area is 165 Å². The van der Waals surface area contributed by atoms with E-state index in [4.69, 9.17) is 9.47 Å². The van der Waals surface area contributed by atoms with Crippen molar-refractivity contribution in [3.8, 4) is 11.5 Å². The molecule has 28 heavy (non-hydrogen) atoms. The van der Waals surface area contributed by atoms with E-state index in [0.717, 1.165) is 11.1 Å². The highest BCUT2D eigenvalue weighted by molar-refractivity contribution is 7.57. The van der Waals surface area contributed by atoms with Crippen molar-refractivity contribution >= 4 is 19.8 Å². The van der Waals surface area contributed by atoms with Crippen molar-refractivity contribution in [1.29, 1.82) is 0 Å². The van der Waals surface area contributed by atoms with Gasteiger partial charge in [-0.1, -0.05) is 50.9 Å². The lowest BCUT2D eigenvalue weighted by Gasteiger charge is -2.26. The van der Waals surface area contributed by atoms with E-state index in [1.165, 1.54) is 20.1 Å². The van der Waals surface area contributed by atoms with Gasteiger partial charge in [-0.15, -0.1) is 0 Å². The van der Waals surface area contributed by atoms with E-state index in [2.05, 4.69) is 18.7 Å². The molecule has 1 aliphatic heterocycles. The Kier molecular flexibility index (Phi) is 6.12. The highest BCUT2D eigenvalue weighted by atomic mass is 31.1. The van der Waals surface area contributed by atoms with Crippen LogP contribution in [0.25, 0.3) is 0 Å². The maximum atomic E-state index is 12.4. The van der Waals surface area contributed by atoms with Crippen LogP contribution in [-0.4, -0.2) is 23.6 Å². The van der Waals surface area contributed by atoms with Crippen LogP contribution in [0, 0.1) is 0 Å².